The molecule has 0 spiro atoms. The highest BCUT2D eigenvalue weighted by Crippen LogP contribution is 2.31. The van der Waals surface area contributed by atoms with Crippen LogP contribution in [0.3, 0.4) is 0 Å². The Morgan fingerprint density at radius 1 is 1.64 bits per heavy atom. The molecule has 1 N–H and O–H groups in total. The van der Waals surface area contributed by atoms with Crippen molar-refractivity contribution in [2.24, 2.45) is 0 Å². The Bertz CT molecular complexity index is 312. The minimum absolute atomic E-state index is 0.351. The molecule has 6 heteroatoms. The van der Waals surface area contributed by atoms with Crippen molar-refractivity contribution >= 4 is 22.7 Å². The summed E-state index contributed by atoms with van der Waals surface area (Å²) in [5, 5.41) is 7.66. The van der Waals surface area contributed by atoms with Crippen molar-refractivity contribution in [2.75, 3.05) is 7.05 Å². The fourth-order valence-electron chi connectivity index (χ4n) is 1.38. The standard InChI is InChI=1S/C8H13NO4S/c1-8(2)9(3)7(12)5(14(8)13)4-6(10)11/h5H,4H2,1-3H3,(H,10,11). The van der Waals surface area contributed by atoms with E-state index in [1.54, 1.807) is 20.9 Å². The third-order valence-electron chi connectivity index (χ3n) is 2.52. The number of carbonyl (C=O) groups is 2. The van der Waals surface area contributed by atoms with Crippen LogP contribution in [0.15, 0.2) is 0 Å². The number of aliphatic carboxylic acids is 1. The molecule has 2 atom stereocenters. The molecule has 1 saturated heterocycles. The Kier molecular flexibility index (Phi) is 2.67. The molecule has 80 valence electrons. The van der Waals surface area contributed by atoms with E-state index in [2.05, 4.69) is 0 Å². The predicted molar refractivity (Wildman–Crippen MR) is 51.0 cm³/mol. The topological polar surface area (TPSA) is 74.7 Å². The fourth-order valence-corrected chi connectivity index (χ4v) is 3.07. The number of hydrogen-bond acceptors (Lipinski definition) is 3. The molecule has 0 aromatic carbocycles. The quantitative estimate of drug-likeness (QED) is 0.697. The fraction of sp³-hybridized carbons (Fsp3) is 0.750. The van der Waals surface area contributed by atoms with E-state index in [0.717, 1.165) is 0 Å². The second-order valence-electron chi connectivity index (χ2n) is 3.73. The van der Waals surface area contributed by atoms with Crippen LogP contribution in [0, 0.1) is 0 Å². The van der Waals surface area contributed by atoms with Crippen LogP contribution in [-0.2, 0) is 20.4 Å². The second-order valence-corrected chi connectivity index (χ2v) is 5.89. The molecule has 0 aromatic rings. The first kappa shape index (κ1) is 11.2. The zero-order valence-corrected chi connectivity index (χ0v) is 9.13. The maximum atomic E-state index is 11.8. The van der Waals surface area contributed by atoms with Crippen molar-refractivity contribution in [1.29, 1.82) is 0 Å². The lowest BCUT2D eigenvalue weighted by molar-refractivity contribution is -0.140. The molecular formula is C8H13NO4S. The summed E-state index contributed by atoms with van der Waals surface area (Å²) in [5.74, 6) is -1.45. The SMILES string of the molecule is CN1C(=O)C(CC(=O)O)S(=O)C1(C)C. The van der Waals surface area contributed by atoms with Crippen LogP contribution in [0.1, 0.15) is 20.3 Å². The minimum atomic E-state index is -1.46. The number of hydrogen-bond donors (Lipinski definition) is 1. The van der Waals surface area contributed by atoms with Crippen LogP contribution in [0.2, 0.25) is 0 Å². The van der Waals surface area contributed by atoms with Gasteiger partial charge in [0.2, 0.25) is 5.91 Å². The Morgan fingerprint density at radius 3 is 2.43 bits per heavy atom. The van der Waals surface area contributed by atoms with Gasteiger partial charge in [-0.1, -0.05) is 0 Å². The molecule has 0 saturated carbocycles. The van der Waals surface area contributed by atoms with Gasteiger partial charge in [-0.3, -0.25) is 13.8 Å². The minimum Gasteiger partial charge on any atom is -0.481 e. The lowest BCUT2D eigenvalue weighted by atomic mass is 10.2. The summed E-state index contributed by atoms with van der Waals surface area (Å²) in [4.78, 5) is 22.6. The maximum absolute atomic E-state index is 11.8. The largest absolute Gasteiger partial charge is 0.481 e. The van der Waals surface area contributed by atoms with Crippen LogP contribution < -0.4 is 0 Å². The Hall–Kier alpha value is -0.910. The van der Waals surface area contributed by atoms with E-state index >= 15 is 0 Å². The lowest BCUT2D eigenvalue weighted by Gasteiger charge is -2.25. The molecule has 1 fully saturated rings. The van der Waals surface area contributed by atoms with Crippen molar-refractivity contribution in [3.63, 3.8) is 0 Å². The molecule has 0 aromatic heterocycles. The zero-order chi connectivity index (χ0) is 11.1. The van der Waals surface area contributed by atoms with E-state index in [4.69, 9.17) is 5.11 Å². The summed E-state index contributed by atoms with van der Waals surface area (Å²) < 4.78 is 11.8. The predicted octanol–water partition coefficient (Wildman–Crippen LogP) is -0.214. The lowest BCUT2D eigenvalue weighted by Crippen LogP contribution is -2.39. The number of carboxylic acid groups (broad SMARTS) is 1. The van der Waals surface area contributed by atoms with Crippen molar-refractivity contribution in [3.05, 3.63) is 0 Å². The Morgan fingerprint density at radius 2 is 2.14 bits per heavy atom. The number of carbonyl (C=O) groups excluding carboxylic acids is 1. The van der Waals surface area contributed by atoms with Crippen LogP contribution in [0.25, 0.3) is 0 Å². The van der Waals surface area contributed by atoms with Gasteiger partial charge in [0, 0.05) is 7.05 Å². The summed E-state index contributed by atoms with van der Waals surface area (Å²) in [7, 11) is 0.0876. The first-order valence-electron chi connectivity index (χ1n) is 4.18. The van der Waals surface area contributed by atoms with E-state index < -0.39 is 26.9 Å². The Balaban J connectivity index is 2.96. The molecule has 2 unspecified atom stereocenters. The van der Waals surface area contributed by atoms with Gasteiger partial charge in [0.1, 0.15) is 10.1 Å². The molecule has 14 heavy (non-hydrogen) atoms. The van der Waals surface area contributed by atoms with Gasteiger partial charge in [0.05, 0.1) is 17.2 Å². The molecular weight excluding hydrogens is 206 g/mol. The van der Waals surface area contributed by atoms with E-state index in [1.165, 1.54) is 4.90 Å². The van der Waals surface area contributed by atoms with Crippen molar-refractivity contribution < 1.29 is 18.9 Å². The molecule has 1 amide bonds. The Labute approximate surface area is 84.5 Å². The normalized spacial score (nSPS) is 30.8. The van der Waals surface area contributed by atoms with Gasteiger partial charge in [0.25, 0.3) is 0 Å². The van der Waals surface area contributed by atoms with Crippen molar-refractivity contribution in [3.8, 4) is 0 Å². The number of carboxylic acids is 1. The van der Waals surface area contributed by atoms with Gasteiger partial charge in [-0.05, 0) is 13.8 Å². The van der Waals surface area contributed by atoms with Crippen molar-refractivity contribution in [1.82, 2.24) is 4.90 Å². The van der Waals surface area contributed by atoms with Gasteiger partial charge >= 0.3 is 5.97 Å². The third kappa shape index (κ3) is 1.54. The summed E-state index contributed by atoms with van der Waals surface area (Å²) >= 11 is 0. The highest BCUT2D eigenvalue weighted by molar-refractivity contribution is 7.88. The number of rotatable bonds is 2. The van der Waals surface area contributed by atoms with Crippen LogP contribution in [0.5, 0.6) is 0 Å². The number of amides is 1. The summed E-state index contributed by atoms with van der Waals surface area (Å²) in [6.07, 6.45) is -0.362. The van der Waals surface area contributed by atoms with Gasteiger partial charge in [-0.15, -0.1) is 0 Å². The van der Waals surface area contributed by atoms with Crippen LogP contribution in [-0.4, -0.2) is 43.3 Å². The van der Waals surface area contributed by atoms with Gasteiger partial charge < -0.3 is 10.0 Å². The van der Waals surface area contributed by atoms with Crippen LogP contribution in [0.4, 0.5) is 0 Å². The van der Waals surface area contributed by atoms with Gasteiger partial charge in [-0.2, -0.15) is 0 Å². The first-order chi connectivity index (χ1) is 6.28. The molecule has 5 nitrogen and oxygen atoms in total. The summed E-state index contributed by atoms with van der Waals surface area (Å²) in [6.45, 7) is 3.34. The average molecular weight is 219 g/mol. The highest BCUT2D eigenvalue weighted by Gasteiger charge is 2.50. The van der Waals surface area contributed by atoms with Gasteiger partial charge in [-0.25, -0.2) is 0 Å². The van der Waals surface area contributed by atoms with Crippen molar-refractivity contribution in [2.45, 2.75) is 30.4 Å². The average Bonchev–Trinajstić information content (AvgIpc) is 2.20. The summed E-state index contributed by atoms with van der Waals surface area (Å²) in [5.41, 5.74) is 0. The van der Waals surface area contributed by atoms with E-state index in [0.29, 0.717) is 0 Å². The highest BCUT2D eigenvalue weighted by atomic mass is 32.2. The zero-order valence-electron chi connectivity index (χ0n) is 8.31. The monoisotopic (exact) mass is 219 g/mol. The number of nitrogens with zero attached hydrogens (tertiary/aromatic N) is 1. The molecule has 1 rings (SSSR count). The molecule has 1 heterocycles. The third-order valence-corrected chi connectivity index (χ3v) is 4.67. The molecule has 1 aliphatic rings. The van der Waals surface area contributed by atoms with E-state index in [-0.39, 0.29) is 12.3 Å². The van der Waals surface area contributed by atoms with E-state index in [1.807, 2.05) is 0 Å². The molecule has 0 radical (unpaired) electrons. The molecule has 0 aliphatic carbocycles. The summed E-state index contributed by atoms with van der Waals surface area (Å²) in [6, 6.07) is 0. The smallest absolute Gasteiger partial charge is 0.305 e. The maximum Gasteiger partial charge on any atom is 0.305 e. The molecule has 0 bridgehead atoms. The van der Waals surface area contributed by atoms with Crippen LogP contribution >= 0.6 is 0 Å². The second kappa shape index (κ2) is 3.34. The first-order valence-corrected chi connectivity index (χ1v) is 5.40. The van der Waals surface area contributed by atoms with E-state index in [9.17, 15) is 13.8 Å². The molecule has 1 aliphatic heterocycles. The van der Waals surface area contributed by atoms with Gasteiger partial charge in [0.15, 0.2) is 0 Å².